The lowest BCUT2D eigenvalue weighted by Gasteiger charge is -2.15. The minimum atomic E-state index is -0.575. The quantitative estimate of drug-likeness (QED) is 0.222. The third kappa shape index (κ3) is 5.75. The van der Waals surface area contributed by atoms with Gasteiger partial charge in [-0.3, -0.25) is 0 Å². The van der Waals surface area contributed by atoms with E-state index in [0.29, 0.717) is 54.1 Å². The van der Waals surface area contributed by atoms with Crippen molar-refractivity contribution in [2.45, 2.75) is 13.3 Å². The molecule has 0 atom stereocenters. The Balaban J connectivity index is 1.44. The molecule has 1 aliphatic rings. The number of hydrogen-bond acceptors (Lipinski definition) is 7. The first-order chi connectivity index (χ1) is 16.1. The zero-order valence-corrected chi connectivity index (χ0v) is 18.7. The summed E-state index contributed by atoms with van der Waals surface area (Å²) in [7, 11) is 0. The van der Waals surface area contributed by atoms with Crippen LogP contribution in [0.15, 0.2) is 76.0 Å². The Hall–Kier alpha value is -3.71. The summed E-state index contributed by atoms with van der Waals surface area (Å²) in [5, 5.41) is 0.360. The van der Waals surface area contributed by atoms with Crippen LogP contribution in [-0.2, 0) is 9.53 Å². The molecule has 0 amide bonds. The minimum absolute atomic E-state index is 0.116. The van der Waals surface area contributed by atoms with Gasteiger partial charge in [-0.1, -0.05) is 29.8 Å². The van der Waals surface area contributed by atoms with Crippen molar-refractivity contribution in [1.29, 1.82) is 0 Å². The van der Waals surface area contributed by atoms with Crippen LogP contribution in [0.1, 0.15) is 24.7 Å². The molecule has 33 heavy (non-hydrogen) atoms. The lowest BCUT2D eigenvalue weighted by atomic mass is 10.1. The first-order valence-corrected chi connectivity index (χ1v) is 10.8. The van der Waals surface area contributed by atoms with Crippen molar-refractivity contribution in [3.05, 3.63) is 82.9 Å². The molecule has 0 fully saturated rings. The molecule has 2 aromatic carbocycles. The van der Waals surface area contributed by atoms with Gasteiger partial charge in [0.2, 0.25) is 0 Å². The number of carbonyl (C=O) groups is 1. The van der Waals surface area contributed by atoms with E-state index in [9.17, 15) is 4.79 Å². The van der Waals surface area contributed by atoms with Gasteiger partial charge in [-0.15, -0.1) is 0 Å². The summed E-state index contributed by atoms with van der Waals surface area (Å²) in [6.45, 7) is 3.20. The van der Waals surface area contributed by atoms with Crippen LogP contribution >= 0.6 is 11.6 Å². The van der Waals surface area contributed by atoms with Gasteiger partial charge in [-0.05, 0) is 55.0 Å². The van der Waals surface area contributed by atoms with E-state index >= 15 is 0 Å². The summed E-state index contributed by atoms with van der Waals surface area (Å²) >= 11 is 6.48. The third-order valence-corrected chi connectivity index (χ3v) is 4.82. The Morgan fingerprint density at radius 1 is 1.03 bits per heavy atom. The number of benzene rings is 2. The van der Waals surface area contributed by atoms with Crippen LogP contribution in [0.2, 0.25) is 5.02 Å². The number of rotatable bonds is 10. The summed E-state index contributed by atoms with van der Waals surface area (Å²) in [6.07, 6.45) is 3.72. The monoisotopic (exact) mass is 467 g/mol. The van der Waals surface area contributed by atoms with Gasteiger partial charge in [0.05, 0.1) is 31.1 Å². The Morgan fingerprint density at radius 3 is 2.61 bits per heavy atom. The molecule has 0 saturated heterocycles. The fourth-order valence-electron chi connectivity index (χ4n) is 3.09. The fraction of sp³-hybridized carbons (Fsp3) is 0.200. The summed E-state index contributed by atoms with van der Waals surface area (Å²) in [4.78, 5) is 16.4. The van der Waals surface area contributed by atoms with Crippen molar-refractivity contribution in [2.75, 3.05) is 19.8 Å². The van der Waals surface area contributed by atoms with Crippen LogP contribution in [0.4, 0.5) is 0 Å². The molecular weight excluding hydrogens is 446 g/mol. The predicted molar refractivity (Wildman–Crippen MR) is 124 cm³/mol. The SMILES string of the molecule is CCOc1cc(/C=C2/N=C(c3ccco3)OC2=O)cc(Cl)c1OCCCOc1ccccc1. The summed E-state index contributed by atoms with van der Waals surface area (Å²) in [5.74, 6) is 1.64. The van der Waals surface area contributed by atoms with Gasteiger partial charge < -0.3 is 23.4 Å². The Morgan fingerprint density at radius 2 is 1.85 bits per heavy atom. The summed E-state index contributed by atoms with van der Waals surface area (Å²) < 4.78 is 27.7. The van der Waals surface area contributed by atoms with Gasteiger partial charge >= 0.3 is 5.97 Å². The van der Waals surface area contributed by atoms with E-state index < -0.39 is 5.97 Å². The fourth-order valence-corrected chi connectivity index (χ4v) is 3.36. The molecule has 0 spiro atoms. The Bertz CT molecular complexity index is 1160. The van der Waals surface area contributed by atoms with Gasteiger partial charge in [0.25, 0.3) is 5.90 Å². The zero-order valence-electron chi connectivity index (χ0n) is 18.0. The predicted octanol–water partition coefficient (Wildman–Crippen LogP) is 5.52. The molecule has 7 nitrogen and oxygen atoms in total. The molecule has 0 saturated carbocycles. The van der Waals surface area contributed by atoms with Crippen molar-refractivity contribution < 1.29 is 28.2 Å². The van der Waals surface area contributed by atoms with E-state index in [-0.39, 0.29) is 11.6 Å². The molecule has 8 heteroatoms. The van der Waals surface area contributed by atoms with Gasteiger partial charge in [-0.25, -0.2) is 9.79 Å². The minimum Gasteiger partial charge on any atom is -0.493 e. The molecule has 3 aromatic rings. The van der Waals surface area contributed by atoms with Crippen LogP contribution < -0.4 is 14.2 Å². The second kappa shape index (κ2) is 10.7. The van der Waals surface area contributed by atoms with E-state index in [1.807, 2.05) is 37.3 Å². The first kappa shape index (κ1) is 22.5. The highest BCUT2D eigenvalue weighted by atomic mass is 35.5. The molecule has 0 unspecified atom stereocenters. The maximum Gasteiger partial charge on any atom is 0.363 e. The maximum absolute atomic E-state index is 12.2. The summed E-state index contributed by atoms with van der Waals surface area (Å²) in [5.41, 5.74) is 0.756. The average Bonchev–Trinajstić information content (AvgIpc) is 3.46. The van der Waals surface area contributed by atoms with Crippen LogP contribution in [0.25, 0.3) is 6.08 Å². The molecule has 2 heterocycles. The molecule has 1 aromatic heterocycles. The first-order valence-electron chi connectivity index (χ1n) is 10.5. The normalized spacial score (nSPS) is 14.2. The lowest BCUT2D eigenvalue weighted by molar-refractivity contribution is -0.130. The largest absolute Gasteiger partial charge is 0.493 e. The number of cyclic esters (lactones) is 1. The molecule has 4 rings (SSSR count). The van der Waals surface area contributed by atoms with Crippen LogP contribution in [0.5, 0.6) is 17.2 Å². The van der Waals surface area contributed by atoms with Crippen LogP contribution in [0, 0.1) is 0 Å². The number of ether oxygens (including phenoxy) is 4. The van der Waals surface area contributed by atoms with Gasteiger partial charge in [0, 0.05) is 6.42 Å². The van der Waals surface area contributed by atoms with Crippen LogP contribution in [-0.4, -0.2) is 31.7 Å². The Labute approximate surface area is 196 Å². The van der Waals surface area contributed by atoms with Crippen molar-refractivity contribution in [1.82, 2.24) is 0 Å². The number of para-hydroxylation sites is 1. The number of nitrogens with zero attached hydrogens (tertiary/aromatic N) is 1. The number of halogens is 1. The Kier molecular flexibility index (Phi) is 7.32. The van der Waals surface area contributed by atoms with Crippen molar-refractivity contribution in [2.24, 2.45) is 4.99 Å². The molecular formula is C25H22ClNO6. The molecule has 170 valence electrons. The number of furan rings is 1. The average molecular weight is 468 g/mol. The number of carbonyl (C=O) groups excluding carboxylic acids is 1. The number of aliphatic imine (C=N–C) groups is 1. The number of hydrogen-bond donors (Lipinski definition) is 0. The van der Waals surface area contributed by atoms with E-state index in [0.717, 1.165) is 5.75 Å². The van der Waals surface area contributed by atoms with Gasteiger partial charge in [0.15, 0.2) is 23.0 Å². The molecule has 0 N–H and O–H groups in total. The van der Waals surface area contributed by atoms with Crippen molar-refractivity contribution >= 4 is 29.5 Å². The van der Waals surface area contributed by atoms with Crippen LogP contribution in [0.3, 0.4) is 0 Å². The van der Waals surface area contributed by atoms with Crippen molar-refractivity contribution in [3.63, 3.8) is 0 Å². The highest BCUT2D eigenvalue weighted by Crippen LogP contribution is 2.37. The standard InChI is InChI=1S/C25H22ClNO6/c1-2-29-22-16-17(15-20-25(28)33-24(27-20)21-10-6-11-31-21)14-19(26)23(22)32-13-7-12-30-18-8-4-3-5-9-18/h3-6,8-11,14-16H,2,7,12-13H2,1H3/b20-15+. The van der Waals surface area contributed by atoms with Crippen molar-refractivity contribution in [3.8, 4) is 17.2 Å². The van der Waals surface area contributed by atoms with E-state index in [2.05, 4.69) is 4.99 Å². The lowest BCUT2D eigenvalue weighted by Crippen LogP contribution is -2.06. The smallest absolute Gasteiger partial charge is 0.363 e. The zero-order chi connectivity index (χ0) is 23.0. The third-order valence-electron chi connectivity index (χ3n) is 4.53. The number of esters is 1. The maximum atomic E-state index is 12.2. The van der Waals surface area contributed by atoms with E-state index in [1.54, 1.807) is 30.3 Å². The topological polar surface area (TPSA) is 79.5 Å². The van der Waals surface area contributed by atoms with Gasteiger partial charge in [-0.2, -0.15) is 0 Å². The summed E-state index contributed by atoms with van der Waals surface area (Å²) in [6, 6.07) is 16.4. The molecule has 0 bridgehead atoms. The van der Waals surface area contributed by atoms with E-state index in [4.69, 9.17) is 35.0 Å². The molecule has 0 aliphatic carbocycles. The second-order valence-corrected chi connectivity index (χ2v) is 7.35. The molecule has 1 aliphatic heterocycles. The highest BCUT2D eigenvalue weighted by molar-refractivity contribution is 6.32. The second-order valence-electron chi connectivity index (χ2n) is 6.94. The highest BCUT2D eigenvalue weighted by Gasteiger charge is 2.26. The van der Waals surface area contributed by atoms with E-state index in [1.165, 1.54) is 6.26 Å². The van der Waals surface area contributed by atoms with Gasteiger partial charge in [0.1, 0.15) is 5.75 Å². The molecule has 0 radical (unpaired) electrons.